The van der Waals surface area contributed by atoms with Crippen molar-refractivity contribution >= 4 is 11.6 Å². The van der Waals surface area contributed by atoms with Crippen LogP contribution in [0, 0.1) is 11.3 Å². The van der Waals surface area contributed by atoms with E-state index in [0.29, 0.717) is 17.1 Å². The summed E-state index contributed by atoms with van der Waals surface area (Å²) in [6.45, 7) is 2.58. The molecule has 2 aromatic rings. The van der Waals surface area contributed by atoms with Gasteiger partial charge in [0.25, 0.3) is 0 Å². The molecule has 2 atom stereocenters. The molecule has 0 amide bonds. The molecule has 0 spiro atoms. The predicted octanol–water partition coefficient (Wildman–Crippen LogP) is 3.94. The minimum absolute atomic E-state index is 0.145. The van der Waals surface area contributed by atoms with E-state index in [1.807, 2.05) is 31.3 Å². The number of benzene rings is 2. The van der Waals surface area contributed by atoms with Gasteiger partial charge in [-0.1, -0.05) is 35.9 Å². The predicted molar refractivity (Wildman–Crippen MR) is 88.6 cm³/mol. The van der Waals surface area contributed by atoms with Crippen molar-refractivity contribution in [2.24, 2.45) is 0 Å². The number of nitrogens with zero attached hydrogens (tertiary/aromatic N) is 2. The fourth-order valence-corrected chi connectivity index (χ4v) is 2.54. The van der Waals surface area contributed by atoms with E-state index in [0.717, 1.165) is 11.1 Å². The summed E-state index contributed by atoms with van der Waals surface area (Å²) in [5, 5.41) is 19.9. The quantitative estimate of drug-likeness (QED) is 0.909. The molecule has 0 bridgehead atoms. The van der Waals surface area contributed by atoms with Crippen LogP contribution in [0.2, 0.25) is 5.02 Å². The van der Waals surface area contributed by atoms with Crippen LogP contribution in [-0.4, -0.2) is 23.6 Å². The highest BCUT2D eigenvalue weighted by Gasteiger charge is 2.16. The van der Waals surface area contributed by atoms with E-state index in [1.54, 1.807) is 24.3 Å². The number of nitriles is 1. The Hall–Kier alpha value is -1.86. The van der Waals surface area contributed by atoms with Crippen LogP contribution in [0.4, 0.5) is 0 Å². The second-order valence-electron chi connectivity index (χ2n) is 5.42. The van der Waals surface area contributed by atoms with Crippen molar-refractivity contribution in [1.29, 1.82) is 5.26 Å². The van der Waals surface area contributed by atoms with E-state index in [2.05, 4.69) is 17.9 Å². The first kappa shape index (κ1) is 16.5. The van der Waals surface area contributed by atoms with Gasteiger partial charge in [0.05, 0.1) is 17.7 Å². The lowest BCUT2D eigenvalue weighted by molar-refractivity contribution is 0.108. The van der Waals surface area contributed by atoms with Gasteiger partial charge in [0.1, 0.15) is 0 Å². The van der Waals surface area contributed by atoms with Crippen LogP contribution in [0.3, 0.4) is 0 Å². The standard InChI is InChI=1S/C18H19ClN2O/c1-13(16-4-3-5-17(19)10-16)21(2)12-18(22)15-8-6-14(11-20)7-9-15/h3-10,13,18,22H,12H2,1-2H3. The highest BCUT2D eigenvalue weighted by atomic mass is 35.5. The lowest BCUT2D eigenvalue weighted by atomic mass is 10.0. The van der Waals surface area contributed by atoms with Gasteiger partial charge in [-0.2, -0.15) is 5.26 Å². The van der Waals surface area contributed by atoms with Crippen molar-refractivity contribution in [2.75, 3.05) is 13.6 Å². The van der Waals surface area contributed by atoms with Gasteiger partial charge in [-0.3, -0.25) is 4.90 Å². The maximum atomic E-state index is 10.4. The highest BCUT2D eigenvalue weighted by molar-refractivity contribution is 6.30. The molecule has 0 aliphatic heterocycles. The molecule has 0 aliphatic carbocycles. The summed E-state index contributed by atoms with van der Waals surface area (Å²) in [6.07, 6.45) is -0.598. The smallest absolute Gasteiger partial charge is 0.0991 e. The zero-order chi connectivity index (χ0) is 16.1. The average molecular weight is 315 g/mol. The van der Waals surface area contributed by atoms with Crippen LogP contribution < -0.4 is 0 Å². The molecule has 0 saturated carbocycles. The third-order valence-corrected chi connectivity index (χ3v) is 4.11. The molecule has 0 heterocycles. The Morgan fingerprint density at radius 1 is 1.18 bits per heavy atom. The summed E-state index contributed by atoms with van der Waals surface area (Å²) in [7, 11) is 1.97. The number of halogens is 1. The Labute approximate surface area is 136 Å². The molecule has 0 saturated heterocycles. The summed E-state index contributed by atoms with van der Waals surface area (Å²) in [4.78, 5) is 2.08. The molecular formula is C18H19ClN2O. The van der Waals surface area contributed by atoms with Gasteiger partial charge in [0.2, 0.25) is 0 Å². The number of aliphatic hydroxyl groups excluding tert-OH is 1. The molecule has 2 unspecified atom stereocenters. The summed E-state index contributed by atoms with van der Waals surface area (Å²) >= 11 is 6.03. The van der Waals surface area contributed by atoms with Gasteiger partial charge >= 0.3 is 0 Å². The van der Waals surface area contributed by atoms with Crippen molar-refractivity contribution in [3.05, 3.63) is 70.2 Å². The first-order valence-electron chi connectivity index (χ1n) is 7.15. The highest BCUT2D eigenvalue weighted by Crippen LogP contribution is 2.24. The van der Waals surface area contributed by atoms with Crippen LogP contribution in [0.25, 0.3) is 0 Å². The van der Waals surface area contributed by atoms with Crippen molar-refractivity contribution in [2.45, 2.75) is 19.1 Å². The van der Waals surface area contributed by atoms with Gasteiger partial charge in [-0.15, -0.1) is 0 Å². The molecule has 22 heavy (non-hydrogen) atoms. The minimum Gasteiger partial charge on any atom is -0.387 e. The van der Waals surface area contributed by atoms with Crippen molar-refractivity contribution < 1.29 is 5.11 Å². The Kier molecular flexibility index (Phi) is 5.57. The van der Waals surface area contributed by atoms with Crippen LogP contribution >= 0.6 is 11.6 Å². The van der Waals surface area contributed by atoms with E-state index in [-0.39, 0.29) is 6.04 Å². The molecule has 4 heteroatoms. The molecular weight excluding hydrogens is 296 g/mol. The zero-order valence-electron chi connectivity index (χ0n) is 12.7. The fraction of sp³-hybridized carbons (Fsp3) is 0.278. The maximum Gasteiger partial charge on any atom is 0.0991 e. The molecule has 3 nitrogen and oxygen atoms in total. The van der Waals surface area contributed by atoms with Crippen molar-refractivity contribution in [3.8, 4) is 6.07 Å². The Morgan fingerprint density at radius 2 is 1.86 bits per heavy atom. The number of rotatable bonds is 5. The van der Waals surface area contributed by atoms with Gasteiger partial charge in [-0.25, -0.2) is 0 Å². The average Bonchev–Trinajstić information content (AvgIpc) is 2.54. The number of likely N-dealkylation sites (N-methyl/N-ethyl adjacent to an activating group) is 1. The Balaban J connectivity index is 2.03. The molecule has 0 fully saturated rings. The van der Waals surface area contributed by atoms with E-state index >= 15 is 0 Å². The van der Waals surface area contributed by atoms with Crippen LogP contribution in [0.1, 0.15) is 35.8 Å². The third-order valence-electron chi connectivity index (χ3n) is 3.88. The van der Waals surface area contributed by atoms with Gasteiger partial charge in [-0.05, 0) is 49.4 Å². The molecule has 2 aromatic carbocycles. The molecule has 0 radical (unpaired) electrons. The largest absolute Gasteiger partial charge is 0.387 e. The first-order chi connectivity index (χ1) is 10.5. The summed E-state index contributed by atoms with van der Waals surface area (Å²) in [6, 6.07) is 17.0. The molecule has 114 valence electrons. The molecule has 0 aliphatic rings. The molecule has 2 rings (SSSR count). The Bertz CT molecular complexity index is 664. The third kappa shape index (κ3) is 4.08. The van der Waals surface area contributed by atoms with E-state index in [4.69, 9.17) is 16.9 Å². The number of aliphatic hydroxyl groups is 1. The van der Waals surface area contributed by atoms with E-state index in [1.165, 1.54) is 0 Å². The van der Waals surface area contributed by atoms with Crippen molar-refractivity contribution in [3.63, 3.8) is 0 Å². The normalized spacial score (nSPS) is 13.6. The number of hydrogen-bond donors (Lipinski definition) is 1. The molecule has 1 N–H and O–H groups in total. The maximum absolute atomic E-state index is 10.4. The minimum atomic E-state index is -0.598. The van der Waals surface area contributed by atoms with Crippen LogP contribution in [0.5, 0.6) is 0 Å². The van der Waals surface area contributed by atoms with Gasteiger partial charge in [0, 0.05) is 17.6 Å². The summed E-state index contributed by atoms with van der Waals surface area (Å²) in [5.74, 6) is 0. The second kappa shape index (κ2) is 7.42. The van der Waals surface area contributed by atoms with Crippen molar-refractivity contribution in [1.82, 2.24) is 4.90 Å². The lowest BCUT2D eigenvalue weighted by Crippen LogP contribution is -2.27. The van der Waals surface area contributed by atoms with Gasteiger partial charge in [0.15, 0.2) is 0 Å². The monoisotopic (exact) mass is 314 g/mol. The molecule has 0 aromatic heterocycles. The summed E-state index contributed by atoms with van der Waals surface area (Å²) in [5.41, 5.74) is 2.52. The van der Waals surface area contributed by atoms with Crippen LogP contribution in [-0.2, 0) is 0 Å². The van der Waals surface area contributed by atoms with E-state index < -0.39 is 6.10 Å². The summed E-state index contributed by atoms with van der Waals surface area (Å²) < 4.78 is 0. The Morgan fingerprint density at radius 3 is 2.45 bits per heavy atom. The van der Waals surface area contributed by atoms with Crippen LogP contribution in [0.15, 0.2) is 48.5 Å². The van der Waals surface area contributed by atoms with E-state index in [9.17, 15) is 5.11 Å². The second-order valence-corrected chi connectivity index (χ2v) is 5.86. The fourth-order valence-electron chi connectivity index (χ4n) is 2.34. The number of hydrogen-bond acceptors (Lipinski definition) is 3. The topological polar surface area (TPSA) is 47.3 Å². The van der Waals surface area contributed by atoms with Gasteiger partial charge < -0.3 is 5.11 Å². The zero-order valence-corrected chi connectivity index (χ0v) is 13.5. The lowest BCUT2D eigenvalue weighted by Gasteiger charge is -2.27. The first-order valence-corrected chi connectivity index (χ1v) is 7.53. The SMILES string of the molecule is CC(c1cccc(Cl)c1)N(C)CC(O)c1ccc(C#N)cc1.